The molecule has 0 fully saturated rings. The molecule has 0 amide bonds. The van der Waals surface area contributed by atoms with Crippen molar-refractivity contribution in [2.24, 2.45) is 5.73 Å². The fraction of sp³-hybridized carbons (Fsp3) is 0.500. The van der Waals surface area contributed by atoms with Crippen LogP contribution in [-0.4, -0.2) is 21.1 Å². The van der Waals surface area contributed by atoms with E-state index in [1.165, 1.54) is 6.20 Å². The molecular formula is C8H11Cl2N3O. The van der Waals surface area contributed by atoms with Gasteiger partial charge in [0.1, 0.15) is 5.15 Å². The molecule has 6 heteroatoms. The van der Waals surface area contributed by atoms with Crippen molar-refractivity contribution in [2.45, 2.75) is 25.5 Å². The number of aliphatic hydroxyl groups excluding tert-OH is 1. The summed E-state index contributed by atoms with van der Waals surface area (Å²) in [6, 6.07) is -0.378. The number of nitrogens with zero attached hydrogens (tertiary/aromatic N) is 2. The van der Waals surface area contributed by atoms with Crippen LogP contribution in [0, 0.1) is 0 Å². The first-order valence-corrected chi connectivity index (χ1v) is 4.93. The second kappa shape index (κ2) is 4.89. The third kappa shape index (κ3) is 2.54. The average Bonchev–Trinajstić information content (AvgIpc) is 2.15. The van der Waals surface area contributed by atoms with Crippen LogP contribution in [-0.2, 0) is 0 Å². The van der Waals surface area contributed by atoms with E-state index in [0.717, 1.165) is 0 Å². The molecule has 0 spiro atoms. The number of aliphatic hydroxyl groups is 1. The lowest BCUT2D eigenvalue weighted by molar-refractivity contribution is 0.144. The van der Waals surface area contributed by atoms with E-state index in [2.05, 4.69) is 9.97 Å². The lowest BCUT2D eigenvalue weighted by atomic mass is 10.0. The Bertz CT molecular complexity index is 321. The Morgan fingerprint density at radius 3 is 2.71 bits per heavy atom. The molecule has 0 aromatic carbocycles. The molecule has 1 heterocycles. The first kappa shape index (κ1) is 11.7. The molecular weight excluding hydrogens is 225 g/mol. The number of aromatic nitrogens is 2. The molecule has 0 unspecified atom stereocenters. The van der Waals surface area contributed by atoms with Crippen LogP contribution in [0.5, 0.6) is 0 Å². The van der Waals surface area contributed by atoms with Gasteiger partial charge in [0.2, 0.25) is 5.28 Å². The third-order valence-electron chi connectivity index (χ3n) is 1.93. The molecule has 0 aliphatic heterocycles. The molecule has 3 N–H and O–H groups in total. The van der Waals surface area contributed by atoms with E-state index >= 15 is 0 Å². The minimum Gasteiger partial charge on any atom is -0.387 e. The van der Waals surface area contributed by atoms with E-state index in [4.69, 9.17) is 28.9 Å². The second-order valence-electron chi connectivity index (χ2n) is 2.90. The van der Waals surface area contributed by atoms with Crippen LogP contribution in [0.3, 0.4) is 0 Å². The Labute approximate surface area is 92.1 Å². The van der Waals surface area contributed by atoms with Crippen LogP contribution >= 0.6 is 23.2 Å². The number of rotatable bonds is 3. The van der Waals surface area contributed by atoms with Crippen molar-refractivity contribution in [1.29, 1.82) is 0 Å². The summed E-state index contributed by atoms with van der Waals surface area (Å²) in [6.45, 7) is 1.87. The first-order chi connectivity index (χ1) is 6.56. The Balaban J connectivity index is 2.95. The summed E-state index contributed by atoms with van der Waals surface area (Å²) < 4.78 is 0. The summed E-state index contributed by atoms with van der Waals surface area (Å²) in [5, 5.41) is 9.92. The van der Waals surface area contributed by atoms with Gasteiger partial charge >= 0.3 is 0 Å². The van der Waals surface area contributed by atoms with Crippen molar-refractivity contribution in [1.82, 2.24) is 9.97 Å². The van der Waals surface area contributed by atoms with Gasteiger partial charge in [0.15, 0.2) is 0 Å². The fourth-order valence-corrected chi connectivity index (χ4v) is 1.42. The van der Waals surface area contributed by atoms with Gasteiger partial charge in [-0.05, 0) is 18.0 Å². The van der Waals surface area contributed by atoms with Gasteiger partial charge in [-0.15, -0.1) is 0 Å². The van der Waals surface area contributed by atoms with Gasteiger partial charge in [-0.2, -0.15) is 0 Å². The van der Waals surface area contributed by atoms with Gasteiger partial charge in [-0.3, -0.25) is 0 Å². The van der Waals surface area contributed by atoms with Crippen LogP contribution in [0.4, 0.5) is 0 Å². The summed E-state index contributed by atoms with van der Waals surface area (Å²) in [4.78, 5) is 7.45. The molecule has 14 heavy (non-hydrogen) atoms. The summed E-state index contributed by atoms with van der Waals surface area (Å²) in [7, 11) is 0. The minimum atomic E-state index is -0.857. The van der Waals surface area contributed by atoms with Crippen LogP contribution in [0.15, 0.2) is 6.20 Å². The van der Waals surface area contributed by atoms with Crippen molar-refractivity contribution in [3.05, 3.63) is 22.2 Å². The minimum absolute atomic E-state index is 0.0519. The third-order valence-corrected chi connectivity index (χ3v) is 2.42. The molecule has 0 saturated heterocycles. The van der Waals surface area contributed by atoms with Crippen molar-refractivity contribution in [3.63, 3.8) is 0 Å². The van der Waals surface area contributed by atoms with E-state index in [1.54, 1.807) is 0 Å². The highest BCUT2D eigenvalue weighted by Crippen LogP contribution is 2.24. The Kier molecular flexibility index (Phi) is 4.07. The quantitative estimate of drug-likeness (QED) is 0.617. The van der Waals surface area contributed by atoms with Crippen molar-refractivity contribution < 1.29 is 5.11 Å². The number of nitrogens with two attached hydrogens (primary N) is 1. The van der Waals surface area contributed by atoms with Crippen molar-refractivity contribution >= 4 is 23.2 Å². The standard InChI is InChI=1S/C8H11Cl2N3O/c1-2-5(11)6(14)4-3-12-8(10)13-7(4)9/h3,5-6,14H,2,11H2,1H3/t5-,6+/m0/s1. The maximum Gasteiger partial charge on any atom is 0.223 e. The topological polar surface area (TPSA) is 72.0 Å². The normalized spacial score (nSPS) is 15.2. The monoisotopic (exact) mass is 235 g/mol. The van der Waals surface area contributed by atoms with Gasteiger partial charge in [0.25, 0.3) is 0 Å². The molecule has 0 aliphatic carbocycles. The zero-order valence-electron chi connectivity index (χ0n) is 7.61. The van der Waals surface area contributed by atoms with Crippen LogP contribution in [0.2, 0.25) is 10.4 Å². The number of halogens is 2. The van der Waals surface area contributed by atoms with Crippen LogP contribution < -0.4 is 5.73 Å². The first-order valence-electron chi connectivity index (χ1n) is 4.17. The number of hydrogen-bond acceptors (Lipinski definition) is 4. The molecule has 1 aromatic rings. The zero-order valence-corrected chi connectivity index (χ0v) is 9.13. The fourth-order valence-electron chi connectivity index (χ4n) is 1.00. The lowest BCUT2D eigenvalue weighted by Crippen LogP contribution is -2.27. The highest BCUT2D eigenvalue weighted by atomic mass is 35.5. The Morgan fingerprint density at radius 2 is 2.21 bits per heavy atom. The van der Waals surface area contributed by atoms with Gasteiger partial charge in [-0.1, -0.05) is 18.5 Å². The molecule has 0 bridgehead atoms. The van der Waals surface area contributed by atoms with E-state index < -0.39 is 6.10 Å². The maximum atomic E-state index is 9.73. The second-order valence-corrected chi connectivity index (χ2v) is 3.60. The maximum absolute atomic E-state index is 9.73. The zero-order chi connectivity index (χ0) is 10.7. The SMILES string of the molecule is CC[C@H](N)[C@H](O)c1cnc(Cl)nc1Cl. The molecule has 1 aromatic heterocycles. The lowest BCUT2D eigenvalue weighted by Gasteiger charge is -2.17. The molecule has 1 rings (SSSR count). The average molecular weight is 236 g/mol. The molecule has 2 atom stereocenters. The largest absolute Gasteiger partial charge is 0.387 e. The highest BCUT2D eigenvalue weighted by molar-refractivity contribution is 6.32. The van der Waals surface area contributed by atoms with E-state index in [9.17, 15) is 5.11 Å². The van der Waals surface area contributed by atoms with Crippen molar-refractivity contribution in [3.8, 4) is 0 Å². The van der Waals surface area contributed by atoms with E-state index in [0.29, 0.717) is 12.0 Å². The van der Waals surface area contributed by atoms with E-state index in [-0.39, 0.29) is 16.5 Å². The predicted octanol–water partition coefficient (Wildman–Crippen LogP) is 1.55. The van der Waals surface area contributed by atoms with Crippen LogP contribution in [0.1, 0.15) is 25.0 Å². The Hall–Kier alpha value is -0.420. The van der Waals surface area contributed by atoms with Gasteiger partial charge < -0.3 is 10.8 Å². The summed E-state index contributed by atoms with van der Waals surface area (Å²) in [5.41, 5.74) is 6.07. The smallest absolute Gasteiger partial charge is 0.223 e. The summed E-state index contributed by atoms with van der Waals surface area (Å²) >= 11 is 11.3. The highest BCUT2D eigenvalue weighted by Gasteiger charge is 2.19. The molecule has 0 aliphatic rings. The molecule has 0 radical (unpaired) electrons. The van der Waals surface area contributed by atoms with Gasteiger partial charge in [-0.25, -0.2) is 9.97 Å². The van der Waals surface area contributed by atoms with Gasteiger partial charge in [0.05, 0.1) is 6.10 Å². The molecule has 78 valence electrons. The van der Waals surface area contributed by atoms with Gasteiger partial charge in [0, 0.05) is 17.8 Å². The van der Waals surface area contributed by atoms with Crippen molar-refractivity contribution in [2.75, 3.05) is 0 Å². The summed E-state index contributed by atoms with van der Waals surface area (Å²) in [5.74, 6) is 0. The Morgan fingerprint density at radius 1 is 1.57 bits per heavy atom. The number of hydrogen-bond donors (Lipinski definition) is 2. The molecule has 0 saturated carbocycles. The molecule has 4 nitrogen and oxygen atoms in total. The van der Waals surface area contributed by atoms with E-state index in [1.807, 2.05) is 6.92 Å². The van der Waals surface area contributed by atoms with Crippen LogP contribution in [0.25, 0.3) is 0 Å². The predicted molar refractivity (Wildman–Crippen MR) is 55.3 cm³/mol. The summed E-state index contributed by atoms with van der Waals surface area (Å²) in [6.07, 6.45) is 1.17.